The van der Waals surface area contributed by atoms with Crippen LogP contribution in [-0.4, -0.2) is 43.2 Å². The first kappa shape index (κ1) is 24.8. The van der Waals surface area contributed by atoms with Crippen molar-refractivity contribution in [2.24, 2.45) is 0 Å². The largest absolute Gasteiger partial charge is 0.493 e. The lowest BCUT2D eigenvalue weighted by Gasteiger charge is -2.38. The topological polar surface area (TPSA) is 50.8 Å². The number of piperidine rings is 1. The standard InChI is InChI=1S/C30H36N2O3/c1-22-8-7-9-23(2)32(22)18-19-35-29-21-27(16-17-28(29)34-3)31-30(33)20-24-12-14-26(15-13-24)25-10-5-4-6-11-25/h4-6,10-17,21-23H,7-9,18-20H2,1-3H3,(H,31,33)/t22-,23+. The van der Waals surface area contributed by atoms with Crippen molar-refractivity contribution in [2.45, 2.75) is 51.6 Å². The van der Waals surface area contributed by atoms with Gasteiger partial charge in [0.15, 0.2) is 11.5 Å². The van der Waals surface area contributed by atoms with Crippen LogP contribution in [-0.2, 0) is 11.2 Å². The molecule has 1 saturated heterocycles. The van der Waals surface area contributed by atoms with E-state index in [9.17, 15) is 4.79 Å². The Morgan fingerprint density at radius 1 is 0.914 bits per heavy atom. The van der Waals surface area contributed by atoms with Gasteiger partial charge in [-0.05, 0) is 55.5 Å². The zero-order valence-corrected chi connectivity index (χ0v) is 21.0. The van der Waals surface area contributed by atoms with Gasteiger partial charge in [-0.2, -0.15) is 0 Å². The molecule has 0 unspecified atom stereocenters. The predicted octanol–water partition coefficient (Wildman–Crippen LogP) is 6.19. The van der Waals surface area contributed by atoms with Gasteiger partial charge in [-0.1, -0.05) is 61.0 Å². The van der Waals surface area contributed by atoms with Gasteiger partial charge in [-0.3, -0.25) is 9.69 Å². The van der Waals surface area contributed by atoms with Crippen LogP contribution in [0.2, 0.25) is 0 Å². The van der Waals surface area contributed by atoms with Crippen molar-refractivity contribution >= 4 is 11.6 Å². The van der Waals surface area contributed by atoms with Crippen LogP contribution in [0.3, 0.4) is 0 Å². The maximum absolute atomic E-state index is 12.7. The normalized spacial score (nSPS) is 18.1. The number of nitrogens with zero attached hydrogens (tertiary/aromatic N) is 1. The minimum Gasteiger partial charge on any atom is -0.493 e. The Labute approximate surface area is 209 Å². The first-order chi connectivity index (χ1) is 17.0. The molecule has 1 aliphatic heterocycles. The number of rotatable bonds is 9. The van der Waals surface area contributed by atoms with Gasteiger partial charge in [0.2, 0.25) is 5.91 Å². The monoisotopic (exact) mass is 472 g/mol. The molecule has 1 fully saturated rings. The first-order valence-electron chi connectivity index (χ1n) is 12.5. The fourth-order valence-electron chi connectivity index (χ4n) is 4.88. The summed E-state index contributed by atoms with van der Waals surface area (Å²) in [6.07, 6.45) is 4.09. The van der Waals surface area contributed by atoms with E-state index in [2.05, 4.69) is 48.3 Å². The highest BCUT2D eigenvalue weighted by Crippen LogP contribution is 2.31. The Kier molecular flexibility index (Phi) is 8.43. The minimum atomic E-state index is -0.0652. The first-order valence-corrected chi connectivity index (χ1v) is 12.5. The van der Waals surface area contributed by atoms with Gasteiger partial charge < -0.3 is 14.8 Å². The number of carbonyl (C=O) groups is 1. The van der Waals surface area contributed by atoms with Crippen LogP contribution in [0.4, 0.5) is 5.69 Å². The van der Waals surface area contributed by atoms with Crippen molar-refractivity contribution in [1.29, 1.82) is 0 Å². The summed E-state index contributed by atoms with van der Waals surface area (Å²) >= 11 is 0. The Balaban J connectivity index is 1.34. The van der Waals surface area contributed by atoms with E-state index in [4.69, 9.17) is 9.47 Å². The Morgan fingerprint density at radius 2 is 1.60 bits per heavy atom. The number of likely N-dealkylation sites (tertiary alicyclic amines) is 1. The number of hydrogen-bond donors (Lipinski definition) is 1. The summed E-state index contributed by atoms with van der Waals surface area (Å²) in [6.45, 7) is 6.04. The van der Waals surface area contributed by atoms with Crippen LogP contribution in [0.15, 0.2) is 72.8 Å². The van der Waals surface area contributed by atoms with E-state index in [0.29, 0.717) is 42.3 Å². The highest BCUT2D eigenvalue weighted by atomic mass is 16.5. The summed E-state index contributed by atoms with van der Waals surface area (Å²) in [5.74, 6) is 1.25. The lowest BCUT2D eigenvalue weighted by atomic mass is 9.98. The van der Waals surface area contributed by atoms with Crippen molar-refractivity contribution in [3.63, 3.8) is 0 Å². The number of benzene rings is 3. The summed E-state index contributed by atoms with van der Waals surface area (Å²) in [7, 11) is 1.63. The summed E-state index contributed by atoms with van der Waals surface area (Å²) in [5.41, 5.74) is 3.97. The molecule has 0 spiro atoms. The second kappa shape index (κ2) is 11.9. The van der Waals surface area contributed by atoms with Gasteiger partial charge in [0.25, 0.3) is 0 Å². The molecule has 0 saturated carbocycles. The molecule has 1 heterocycles. The van der Waals surface area contributed by atoms with E-state index in [-0.39, 0.29) is 5.91 Å². The number of nitrogens with one attached hydrogen (secondary N) is 1. The summed E-state index contributed by atoms with van der Waals surface area (Å²) < 4.78 is 11.6. The molecule has 5 nitrogen and oxygen atoms in total. The third-order valence-electron chi connectivity index (χ3n) is 6.86. The maximum atomic E-state index is 12.7. The van der Waals surface area contributed by atoms with Crippen LogP contribution >= 0.6 is 0 Å². The van der Waals surface area contributed by atoms with E-state index in [1.807, 2.05) is 48.5 Å². The Hall–Kier alpha value is -3.31. The smallest absolute Gasteiger partial charge is 0.228 e. The van der Waals surface area contributed by atoms with Gasteiger partial charge in [0.1, 0.15) is 6.61 Å². The van der Waals surface area contributed by atoms with E-state index >= 15 is 0 Å². The Bertz CT molecular complexity index is 1090. The molecular formula is C30H36N2O3. The Morgan fingerprint density at radius 3 is 2.29 bits per heavy atom. The van der Waals surface area contributed by atoms with Crippen LogP contribution in [0.25, 0.3) is 11.1 Å². The van der Waals surface area contributed by atoms with Gasteiger partial charge in [0, 0.05) is 30.4 Å². The molecule has 35 heavy (non-hydrogen) atoms. The van der Waals surface area contributed by atoms with Crippen molar-refractivity contribution in [3.8, 4) is 22.6 Å². The maximum Gasteiger partial charge on any atom is 0.228 e. The molecule has 1 N–H and O–H groups in total. The van der Waals surface area contributed by atoms with Crippen molar-refractivity contribution < 1.29 is 14.3 Å². The van der Waals surface area contributed by atoms with Crippen molar-refractivity contribution in [3.05, 3.63) is 78.4 Å². The second-order valence-electron chi connectivity index (χ2n) is 9.37. The molecule has 1 aliphatic rings. The third kappa shape index (κ3) is 6.64. The average Bonchev–Trinajstić information content (AvgIpc) is 2.87. The average molecular weight is 473 g/mol. The van der Waals surface area contributed by atoms with Crippen LogP contribution in [0.1, 0.15) is 38.7 Å². The number of methoxy groups -OCH3 is 1. The van der Waals surface area contributed by atoms with Gasteiger partial charge in [-0.25, -0.2) is 0 Å². The van der Waals surface area contributed by atoms with Gasteiger partial charge in [0.05, 0.1) is 13.5 Å². The number of hydrogen-bond acceptors (Lipinski definition) is 4. The third-order valence-corrected chi connectivity index (χ3v) is 6.86. The molecule has 1 amide bonds. The molecule has 4 rings (SSSR count). The summed E-state index contributed by atoms with van der Waals surface area (Å²) in [6, 6.07) is 25.0. The SMILES string of the molecule is COc1ccc(NC(=O)Cc2ccc(-c3ccccc3)cc2)cc1OCCN1[C@H](C)CCC[C@@H]1C. The van der Waals surface area contributed by atoms with Gasteiger partial charge >= 0.3 is 0 Å². The number of carbonyl (C=O) groups excluding carboxylic acids is 1. The summed E-state index contributed by atoms with van der Waals surface area (Å²) in [5, 5.41) is 3.00. The molecule has 5 heteroatoms. The number of amides is 1. The minimum absolute atomic E-state index is 0.0652. The molecule has 0 aromatic heterocycles. The van der Waals surface area contributed by atoms with Gasteiger partial charge in [-0.15, -0.1) is 0 Å². The van der Waals surface area contributed by atoms with Crippen molar-refractivity contribution in [2.75, 3.05) is 25.6 Å². The zero-order valence-electron chi connectivity index (χ0n) is 21.0. The van der Waals surface area contributed by atoms with Crippen molar-refractivity contribution in [1.82, 2.24) is 4.90 Å². The molecule has 0 aliphatic carbocycles. The van der Waals surface area contributed by atoms with Crippen LogP contribution in [0.5, 0.6) is 11.5 Å². The van der Waals surface area contributed by atoms with E-state index in [1.165, 1.54) is 24.8 Å². The van der Waals surface area contributed by atoms with E-state index < -0.39 is 0 Å². The predicted molar refractivity (Wildman–Crippen MR) is 142 cm³/mol. The lowest BCUT2D eigenvalue weighted by molar-refractivity contribution is -0.115. The highest BCUT2D eigenvalue weighted by Gasteiger charge is 2.24. The molecule has 3 aromatic rings. The van der Waals surface area contributed by atoms with E-state index in [0.717, 1.165) is 17.7 Å². The molecule has 184 valence electrons. The fraction of sp³-hybridized carbons (Fsp3) is 0.367. The highest BCUT2D eigenvalue weighted by molar-refractivity contribution is 5.92. The second-order valence-corrected chi connectivity index (χ2v) is 9.37. The quantitative estimate of drug-likeness (QED) is 0.404. The number of ether oxygens (including phenoxy) is 2. The number of anilines is 1. The fourth-order valence-corrected chi connectivity index (χ4v) is 4.88. The zero-order chi connectivity index (χ0) is 24.6. The molecule has 0 radical (unpaired) electrons. The van der Waals surface area contributed by atoms with E-state index in [1.54, 1.807) is 7.11 Å². The molecule has 3 aromatic carbocycles. The summed E-state index contributed by atoms with van der Waals surface area (Å²) in [4.78, 5) is 15.2. The van der Waals surface area contributed by atoms with Crippen LogP contribution < -0.4 is 14.8 Å². The lowest BCUT2D eigenvalue weighted by Crippen LogP contribution is -2.45. The molecule has 2 atom stereocenters. The molecular weight excluding hydrogens is 436 g/mol. The molecule has 0 bridgehead atoms. The van der Waals surface area contributed by atoms with Crippen LogP contribution in [0, 0.1) is 0 Å².